The third kappa shape index (κ3) is 6.75. The Kier molecular flexibility index (Phi) is 8.84. The van der Waals surface area contributed by atoms with Gasteiger partial charge in [0.2, 0.25) is 5.79 Å². The van der Waals surface area contributed by atoms with Crippen molar-refractivity contribution in [3.05, 3.63) is 71.5 Å². The molecule has 3 atom stereocenters. The lowest BCUT2D eigenvalue weighted by Gasteiger charge is -2.40. The maximum atomic E-state index is 14.3. The molecule has 0 radical (unpaired) electrons. The fourth-order valence-corrected chi connectivity index (χ4v) is 4.87. The molecule has 3 rings (SSSR count). The molecule has 0 saturated carbocycles. The van der Waals surface area contributed by atoms with Crippen LogP contribution in [0.2, 0.25) is 0 Å². The number of benzene rings is 2. The van der Waals surface area contributed by atoms with Crippen LogP contribution in [0.3, 0.4) is 0 Å². The Morgan fingerprint density at radius 1 is 1.11 bits per heavy atom. The minimum absolute atomic E-state index is 0.242. The smallest absolute Gasteiger partial charge is 0.222 e. The molecule has 0 bridgehead atoms. The van der Waals surface area contributed by atoms with E-state index < -0.39 is 44.9 Å². The Morgan fingerprint density at radius 3 is 2.34 bits per heavy atom. The third-order valence-electron chi connectivity index (χ3n) is 6.08. The summed E-state index contributed by atoms with van der Waals surface area (Å²) in [5, 5.41) is 9.94. The van der Waals surface area contributed by atoms with Crippen LogP contribution >= 0.6 is 0 Å². The lowest BCUT2D eigenvalue weighted by atomic mass is 9.81. The van der Waals surface area contributed by atoms with Gasteiger partial charge in [0, 0.05) is 11.6 Å². The molecule has 1 saturated heterocycles. The molecule has 190 valence electrons. The maximum Gasteiger partial charge on any atom is 0.222 e. The van der Waals surface area contributed by atoms with E-state index in [1.54, 1.807) is 26.0 Å². The van der Waals surface area contributed by atoms with Gasteiger partial charge in [0.1, 0.15) is 11.9 Å². The Morgan fingerprint density at radius 2 is 1.77 bits per heavy atom. The maximum absolute atomic E-state index is 14.3. The van der Waals surface area contributed by atoms with E-state index >= 15 is 0 Å². The normalized spacial score (nSPS) is 18.5. The summed E-state index contributed by atoms with van der Waals surface area (Å²) >= 11 is 0. The molecule has 1 N–H and O–H groups in total. The number of hydrogen-bond donors (Lipinski definition) is 1. The highest BCUT2D eigenvalue weighted by atomic mass is 32.2. The van der Waals surface area contributed by atoms with Crippen molar-refractivity contribution < 1.29 is 22.8 Å². The third-order valence-corrected chi connectivity index (χ3v) is 7.69. The number of halogens is 1. The summed E-state index contributed by atoms with van der Waals surface area (Å²) in [6.07, 6.45) is -0.486. The Balaban J connectivity index is 2.01. The average Bonchev–Trinajstić information content (AvgIpc) is 3.32. The summed E-state index contributed by atoms with van der Waals surface area (Å²) in [5.74, 6) is -1.78. The van der Waals surface area contributed by atoms with Crippen LogP contribution in [0, 0.1) is 22.6 Å². The van der Waals surface area contributed by atoms with Crippen LogP contribution in [0.5, 0.6) is 0 Å². The summed E-state index contributed by atoms with van der Waals surface area (Å²) < 4.78 is 48.7. The highest BCUT2D eigenvalue weighted by Crippen LogP contribution is 2.41. The second kappa shape index (κ2) is 11.3. The van der Waals surface area contributed by atoms with E-state index in [1.165, 1.54) is 12.1 Å². The van der Waals surface area contributed by atoms with Crippen molar-refractivity contribution in [2.45, 2.75) is 70.3 Å². The van der Waals surface area contributed by atoms with Gasteiger partial charge in [-0.25, -0.2) is 13.3 Å². The van der Waals surface area contributed by atoms with E-state index in [0.717, 1.165) is 5.56 Å². The minimum Gasteiger partial charge on any atom is -0.367 e. The van der Waals surface area contributed by atoms with Gasteiger partial charge in [-0.15, -0.1) is 0 Å². The number of hydrogen-bond acceptors (Lipinski definition) is 5. The van der Waals surface area contributed by atoms with E-state index in [9.17, 15) is 13.9 Å². The summed E-state index contributed by atoms with van der Waals surface area (Å²) in [6.45, 7) is 10.1. The van der Waals surface area contributed by atoms with Crippen molar-refractivity contribution in [3.8, 4) is 6.07 Å². The van der Waals surface area contributed by atoms with Crippen LogP contribution in [0.15, 0.2) is 54.6 Å². The molecule has 2 aromatic carbocycles. The van der Waals surface area contributed by atoms with Gasteiger partial charge >= 0.3 is 0 Å². The molecule has 6 nitrogen and oxygen atoms in total. The summed E-state index contributed by atoms with van der Waals surface area (Å²) in [4.78, 5) is 0. The monoisotopic (exact) mass is 502 g/mol. The second-order valence-electron chi connectivity index (χ2n) is 10.3. The molecule has 35 heavy (non-hydrogen) atoms. The van der Waals surface area contributed by atoms with Crippen molar-refractivity contribution in [1.29, 1.82) is 5.26 Å². The number of nitrogens with one attached hydrogen (secondary N) is 1. The molecular formula is C27H35FN2O4S. The lowest BCUT2D eigenvalue weighted by molar-refractivity contribution is -0.249. The molecule has 0 aromatic heterocycles. The molecule has 1 aliphatic heterocycles. The van der Waals surface area contributed by atoms with Crippen molar-refractivity contribution in [3.63, 3.8) is 0 Å². The summed E-state index contributed by atoms with van der Waals surface area (Å²) in [7, 11) is -1.43. The summed E-state index contributed by atoms with van der Waals surface area (Å²) in [5.41, 5.74) is 0.558. The SMILES string of the molecule is CC(C)(C#N)[C@@H](CC(OCc1ccccc1)C1(c2cccc(F)c2)OCCO1)NS(=O)C(C)(C)C. The van der Waals surface area contributed by atoms with Crippen molar-refractivity contribution in [2.75, 3.05) is 13.2 Å². The Bertz CT molecular complexity index is 1040. The molecule has 1 aliphatic rings. The Hall–Kier alpha value is -2.15. The van der Waals surface area contributed by atoms with Crippen LogP contribution in [0.25, 0.3) is 0 Å². The van der Waals surface area contributed by atoms with Crippen molar-refractivity contribution in [1.82, 2.24) is 4.72 Å². The van der Waals surface area contributed by atoms with Crippen LogP contribution in [-0.2, 0) is 37.6 Å². The van der Waals surface area contributed by atoms with E-state index in [1.807, 2.05) is 51.1 Å². The van der Waals surface area contributed by atoms with Gasteiger partial charge in [-0.2, -0.15) is 5.26 Å². The molecular weight excluding hydrogens is 467 g/mol. The zero-order chi connectivity index (χ0) is 25.7. The standard InChI is InChI=1S/C27H35FN2O4S/c1-25(2,3)35(31)30-23(26(4,5)19-29)17-24(32-18-20-10-7-6-8-11-20)27(33-14-15-34-27)21-12-9-13-22(28)16-21/h6-13,16,23-24,30H,14-15,17-18H2,1-5H3/t23-,24?,35?/m1/s1. The lowest BCUT2D eigenvalue weighted by Crippen LogP contribution is -2.52. The first-order valence-electron chi connectivity index (χ1n) is 11.8. The highest BCUT2D eigenvalue weighted by Gasteiger charge is 2.50. The number of ether oxygens (including phenoxy) is 3. The molecule has 0 amide bonds. The van der Waals surface area contributed by atoms with Crippen molar-refractivity contribution in [2.24, 2.45) is 5.41 Å². The predicted octanol–water partition coefficient (Wildman–Crippen LogP) is 4.97. The van der Waals surface area contributed by atoms with Gasteiger partial charge in [0.15, 0.2) is 0 Å². The molecule has 8 heteroatoms. The van der Waals surface area contributed by atoms with Crippen LogP contribution in [-0.4, -0.2) is 34.3 Å². The second-order valence-corrected chi connectivity index (χ2v) is 12.3. The van der Waals surface area contributed by atoms with Gasteiger partial charge in [0.05, 0.1) is 47.0 Å². The number of rotatable bonds is 10. The molecule has 2 unspecified atom stereocenters. The molecule has 2 aromatic rings. The number of nitrogens with zero attached hydrogens (tertiary/aromatic N) is 1. The predicted molar refractivity (Wildman–Crippen MR) is 134 cm³/mol. The quantitative estimate of drug-likeness (QED) is 0.496. The van der Waals surface area contributed by atoms with Gasteiger partial charge in [-0.1, -0.05) is 42.5 Å². The first kappa shape index (κ1) is 27.4. The molecule has 0 aliphatic carbocycles. The largest absolute Gasteiger partial charge is 0.367 e. The van der Waals surface area contributed by atoms with E-state index in [4.69, 9.17) is 14.2 Å². The molecule has 0 spiro atoms. The van der Waals surface area contributed by atoms with Gasteiger partial charge in [-0.3, -0.25) is 0 Å². The fraction of sp³-hybridized carbons (Fsp3) is 0.519. The first-order valence-corrected chi connectivity index (χ1v) is 12.9. The average molecular weight is 503 g/mol. The minimum atomic E-state index is -1.43. The van der Waals surface area contributed by atoms with E-state index in [2.05, 4.69) is 10.8 Å². The van der Waals surface area contributed by atoms with Crippen LogP contribution < -0.4 is 4.72 Å². The van der Waals surface area contributed by atoms with E-state index in [-0.39, 0.29) is 13.0 Å². The molecule has 1 heterocycles. The zero-order valence-corrected chi connectivity index (χ0v) is 21.9. The Labute approximate surface area is 210 Å². The van der Waals surface area contributed by atoms with Gasteiger partial charge in [0.25, 0.3) is 0 Å². The fourth-order valence-electron chi connectivity index (χ4n) is 3.86. The van der Waals surface area contributed by atoms with Crippen LogP contribution in [0.1, 0.15) is 52.2 Å². The number of nitriles is 1. The zero-order valence-electron chi connectivity index (χ0n) is 21.0. The topological polar surface area (TPSA) is 80.6 Å². The van der Waals surface area contributed by atoms with E-state index in [0.29, 0.717) is 18.8 Å². The van der Waals surface area contributed by atoms with Crippen LogP contribution in [0.4, 0.5) is 4.39 Å². The first-order chi connectivity index (χ1) is 16.5. The highest BCUT2D eigenvalue weighted by molar-refractivity contribution is 7.84. The summed E-state index contributed by atoms with van der Waals surface area (Å²) in [6, 6.07) is 17.6. The van der Waals surface area contributed by atoms with Gasteiger partial charge in [-0.05, 0) is 58.7 Å². The van der Waals surface area contributed by atoms with Gasteiger partial charge < -0.3 is 14.2 Å². The molecule has 1 fully saturated rings. The van der Waals surface area contributed by atoms with Crippen molar-refractivity contribution >= 4 is 11.0 Å².